The van der Waals surface area contributed by atoms with Crippen molar-refractivity contribution < 1.29 is 9.53 Å². The van der Waals surface area contributed by atoms with Crippen LogP contribution in [0.5, 0.6) is 0 Å². The Bertz CT molecular complexity index is 757. The quantitative estimate of drug-likeness (QED) is 0.892. The molecule has 2 saturated heterocycles. The molecule has 134 valence electrons. The Kier molecular flexibility index (Phi) is 4.39. The van der Waals surface area contributed by atoms with E-state index in [1.165, 1.54) is 16.5 Å². The number of aromatic amines is 1. The molecule has 0 saturated carbocycles. The van der Waals surface area contributed by atoms with Crippen molar-refractivity contribution in [2.24, 2.45) is 11.8 Å². The second-order valence-electron chi connectivity index (χ2n) is 7.43. The van der Waals surface area contributed by atoms with Crippen LogP contribution in [0.2, 0.25) is 0 Å². The number of carbonyl (C=O) groups excluding carboxylic acids is 1. The Labute approximate surface area is 148 Å². The summed E-state index contributed by atoms with van der Waals surface area (Å²) >= 11 is 0. The fraction of sp³-hybridized carbons (Fsp3) is 0.526. The number of H-pyrrole nitrogens is 1. The maximum absolute atomic E-state index is 11.8. The number of urea groups is 1. The summed E-state index contributed by atoms with van der Waals surface area (Å²) in [6.07, 6.45) is 2.30. The molecule has 6 heteroatoms. The van der Waals surface area contributed by atoms with Gasteiger partial charge in [-0.2, -0.15) is 0 Å². The summed E-state index contributed by atoms with van der Waals surface area (Å²) in [5, 5.41) is 4.31. The van der Waals surface area contributed by atoms with Gasteiger partial charge in [-0.25, -0.2) is 4.79 Å². The summed E-state index contributed by atoms with van der Waals surface area (Å²) in [6, 6.07) is 8.56. The van der Waals surface area contributed by atoms with Crippen molar-refractivity contribution in [3.05, 3.63) is 36.0 Å². The van der Waals surface area contributed by atoms with Crippen molar-refractivity contribution in [2.75, 3.05) is 40.3 Å². The highest BCUT2D eigenvalue weighted by molar-refractivity contribution is 5.82. The van der Waals surface area contributed by atoms with E-state index in [2.05, 4.69) is 39.5 Å². The van der Waals surface area contributed by atoms with Crippen molar-refractivity contribution in [2.45, 2.75) is 12.6 Å². The SMILES string of the molecule is CN(C)C(=O)NC[C@H]1CO[C@@H]2CN(Cc3cccc4[nH]ccc34)C[C@H]12. The first-order valence-electron chi connectivity index (χ1n) is 8.96. The van der Waals surface area contributed by atoms with Gasteiger partial charge in [0.05, 0.1) is 12.7 Å². The third kappa shape index (κ3) is 3.24. The summed E-state index contributed by atoms with van der Waals surface area (Å²) in [6.45, 7) is 4.41. The van der Waals surface area contributed by atoms with Gasteiger partial charge in [-0.3, -0.25) is 4.90 Å². The predicted octanol–water partition coefficient (Wildman–Crippen LogP) is 1.89. The van der Waals surface area contributed by atoms with Gasteiger partial charge in [-0.1, -0.05) is 12.1 Å². The molecule has 2 fully saturated rings. The number of hydrogen-bond acceptors (Lipinski definition) is 3. The lowest BCUT2D eigenvalue weighted by Crippen LogP contribution is -2.39. The molecule has 2 N–H and O–H groups in total. The summed E-state index contributed by atoms with van der Waals surface area (Å²) < 4.78 is 6.01. The van der Waals surface area contributed by atoms with Crippen LogP contribution in [0.4, 0.5) is 4.79 Å². The highest BCUT2D eigenvalue weighted by Gasteiger charge is 2.43. The van der Waals surface area contributed by atoms with E-state index in [1.54, 1.807) is 19.0 Å². The molecular formula is C19H26N4O2. The molecule has 1 aromatic carbocycles. The summed E-state index contributed by atoms with van der Waals surface area (Å²) in [4.78, 5) is 19.1. The maximum atomic E-state index is 11.8. The number of likely N-dealkylation sites (tertiary alicyclic amines) is 1. The molecule has 6 nitrogen and oxygen atoms in total. The molecule has 0 spiro atoms. The number of benzene rings is 1. The lowest BCUT2D eigenvalue weighted by atomic mass is 9.93. The smallest absolute Gasteiger partial charge is 0.316 e. The van der Waals surface area contributed by atoms with Crippen LogP contribution in [0, 0.1) is 11.8 Å². The van der Waals surface area contributed by atoms with E-state index in [1.807, 2.05) is 6.20 Å². The second-order valence-corrected chi connectivity index (χ2v) is 7.43. The Morgan fingerprint density at radius 1 is 1.36 bits per heavy atom. The first-order valence-corrected chi connectivity index (χ1v) is 8.96. The van der Waals surface area contributed by atoms with E-state index >= 15 is 0 Å². The normalized spacial score (nSPS) is 26.1. The highest BCUT2D eigenvalue weighted by atomic mass is 16.5. The Balaban J connectivity index is 1.38. The molecule has 0 aliphatic carbocycles. The Hall–Kier alpha value is -2.05. The minimum atomic E-state index is -0.0301. The van der Waals surface area contributed by atoms with E-state index in [9.17, 15) is 4.79 Å². The van der Waals surface area contributed by atoms with Crippen LogP contribution in [0.15, 0.2) is 30.5 Å². The van der Waals surface area contributed by atoms with Gasteiger partial charge in [0, 0.05) is 69.2 Å². The van der Waals surface area contributed by atoms with Gasteiger partial charge in [-0.05, 0) is 17.7 Å². The van der Waals surface area contributed by atoms with E-state index in [4.69, 9.17) is 4.74 Å². The lowest BCUT2D eigenvalue weighted by Gasteiger charge is -2.21. The van der Waals surface area contributed by atoms with Gasteiger partial charge in [-0.15, -0.1) is 0 Å². The number of aromatic nitrogens is 1. The molecule has 4 rings (SSSR count). The number of hydrogen-bond donors (Lipinski definition) is 2. The summed E-state index contributed by atoms with van der Waals surface area (Å²) in [5.74, 6) is 0.912. The van der Waals surface area contributed by atoms with Crippen LogP contribution >= 0.6 is 0 Å². The summed E-state index contributed by atoms with van der Waals surface area (Å²) in [5.41, 5.74) is 2.55. The number of nitrogens with zero attached hydrogens (tertiary/aromatic N) is 2. The van der Waals surface area contributed by atoms with E-state index in [0.717, 1.165) is 26.2 Å². The van der Waals surface area contributed by atoms with E-state index < -0.39 is 0 Å². The number of amides is 2. The second kappa shape index (κ2) is 6.69. The van der Waals surface area contributed by atoms with Crippen LogP contribution in [0.3, 0.4) is 0 Å². The molecule has 0 bridgehead atoms. The van der Waals surface area contributed by atoms with Crippen molar-refractivity contribution in [3.8, 4) is 0 Å². The third-order valence-electron chi connectivity index (χ3n) is 5.52. The van der Waals surface area contributed by atoms with Crippen LogP contribution in [-0.4, -0.2) is 67.3 Å². The lowest BCUT2D eigenvalue weighted by molar-refractivity contribution is 0.0940. The average Bonchev–Trinajstić information content (AvgIpc) is 3.28. The topological polar surface area (TPSA) is 60.6 Å². The molecule has 2 amide bonds. The number of fused-ring (bicyclic) bond motifs is 2. The first-order chi connectivity index (χ1) is 12.1. The van der Waals surface area contributed by atoms with Crippen LogP contribution in [-0.2, 0) is 11.3 Å². The molecule has 3 atom stereocenters. The summed E-state index contributed by atoms with van der Waals surface area (Å²) in [7, 11) is 3.53. The molecule has 2 aliphatic heterocycles. The number of nitrogens with one attached hydrogen (secondary N) is 2. The van der Waals surface area contributed by atoms with E-state index in [-0.39, 0.29) is 6.03 Å². The Morgan fingerprint density at radius 2 is 2.24 bits per heavy atom. The van der Waals surface area contributed by atoms with Gasteiger partial charge in [0.1, 0.15) is 0 Å². The van der Waals surface area contributed by atoms with Gasteiger partial charge in [0.2, 0.25) is 0 Å². The molecular weight excluding hydrogens is 316 g/mol. The highest BCUT2D eigenvalue weighted by Crippen LogP contribution is 2.34. The van der Waals surface area contributed by atoms with Crippen molar-refractivity contribution in [1.82, 2.24) is 20.1 Å². The third-order valence-corrected chi connectivity index (χ3v) is 5.52. The monoisotopic (exact) mass is 342 g/mol. The van der Waals surface area contributed by atoms with Crippen molar-refractivity contribution >= 4 is 16.9 Å². The predicted molar refractivity (Wildman–Crippen MR) is 97.4 cm³/mol. The van der Waals surface area contributed by atoms with Crippen LogP contribution in [0.1, 0.15) is 5.56 Å². The average molecular weight is 342 g/mol. The largest absolute Gasteiger partial charge is 0.376 e. The van der Waals surface area contributed by atoms with Crippen molar-refractivity contribution in [1.29, 1.82) is 0 Å². The molecule has 2 aliphatic rings. The standard InChI is InChI=1S/C19H26N4O2/c1-22(2)19(24)21-8-14-12-25-18-11-23(10-16(14)18)9-13-4-3-5-17-15(13)6-7-20-17/h3-7,14,16,18,20H,8-12H2,1-2H3,(H,21,24)/t14-,16+,18+/m0/s1. The minimum absolute atomic E-state index is 0.0301. The number of ether oxygens (including phenoxy) is 1. The zero-order valence-electron chi connectivity index (χ0n) is 14.9. The molecule has 1 aromatic heterocycles. The van der Waals surface area contributed by atoms with Gasteiger partial charge < -0.3 is 19.9 Å². The molecule has 3 heterocycles. The number of rotatable bonds is 4. The van der Waals surface area contributed by atoms with Gasteiger partial charge in [0.15, 0.2) is 0 Å². The molecule has 25 heavy (non-hydrogen) atoms. The zero-order valence-corrected chi connectivity index (χ0v) is 14.9. The van der Waals surface area contributed by atoms with E-state index in [0.29, 0.717) is 24.5 Å². The fourth-order valence-electron chi connectivity index (χ4n) is 4.13. The fourth-order valence-corrected chi connectivity index (χ4v) is 4.13. The van der Waals surface area contributed by atoms with Crippen LogP contribution < -0.4 is 5.32 Å². The van der Waals surface area contributed by atoms with Gasteiger partial charge >= 0.3 is 6.03 Å². The van der Waals surface area contributed by atoms with Crippen molar-refractivity contribution in [3.63, 3.8) is 0 Å². The first kappa shape index (κ1) is 16.4. The van der Waals surface area contributed by atoms with Gasteiger partial charge in [0.25, 0.3) is 0 Å². The number of carbonyl (C=O) groups is 1. The molecule has 2 aromatic rings. The Morgan fingerprint density at radius 3 is 3.08 bits per heavy atom. The zero-order chi connectivity index (χ0) is 17.4. The maximum Gasteiger partial charge on any atom is 0.316 e. The molecule has 0 radical (unpaired) electrons. The van der Waals surface area contributed by atoms with Crippen LogP contribution in [0.25, 0.3) is 10.9 Å². The minimum Gasteiger partial charge on any atom is -0.376 e. The molecule has 0 unspecified atom stereocenters.